The van der Waals surface area contributed by atoms with Crippen LogP contribution in [-0.4, -0.2) is 33.8 Å². The molecule has 2 aromatic carbocycles. The Balaban J connectivity index is 1.49. The fraction of sp³-hybridized carbons (Fsp3) is 0.174. The van der Waals surface area contributed by atoms with Crippen molar-refractivity contribution in [3.63, 3.8) is 0 Å². The normalized spacial score (nSPS) is 16.1. The molecule has 1 fully saturated rings. The van der Waals surface area contributed by atoms with Gasteiger partial charge in [0, 0.05) is 29.6 Å². The zero-order chi connectivity index (χ0) is 20.5. The van der Waals surface area contributed by atoms with Crippen LogP contribution < -0.4 is 16.4 Å². The van der Waals surface area contributed by atoms with Crippen LogP contribution in [-0.2, 0) is 0 Å². The van der Waals surface area contributed by atoms with Gasteiger partial charge >= 0.3 is 0 Å². The SMILES string of the molecule is Nc1nccc2c1c(-c1ccc(C(=O)Nc3ccccc3)cc1)nn2[C@H]1CCNC1. The number of aromatic nitrogens is 3. The number of rotatable bonds is 4. The minimum absolute atomic E-state index is 0.152. The van der Waals surface area contributed by atoms with E-state index >= 15 is 0 Å². The molecule has 150 valence electrons. The Bertz CT molecular complexity index is 1190. The highest BCUT2D eigenvalue weighted by atomic mass is 16.1. The van der Waals surface area contributed by atoms with Crippen molar-refractivity contribution in [2.45, 2.75) is 12.5 Å². The van der Waals surface area contributed by atoms with Crippen LogP contribution in [0.1, 0.15) is 22.8 Å². The van der Waals surface area contributed by atoms with Gasteiger partial charge in [-0.15, -0.1) is 0 Å². The Morgan fingerprint density at radius 2 is 1.90 bits per heavy atom. The number of hydrogen-bond donors (Lipinski definition) is 3. The summed E-state index contributed by atoms with van der Waals surface area (Å²) < 4.78 is 2.05. The average molecular weight is 398 g/mol. The van der Waals surface area contributed by atoms with E-state index in [-0.39, 0.29) is 5.91 Å². The van der Waals surface area contributed by atoms with Crippen molar-refractivity contribution in [1.29, 1.82) is 0 Å². The van der Waals surface area contributed by atoms with Crippen LogP contribution in [0.25, 0.3) is 22.2 Å². The molecule has 0 saturated carbocycles. The molecule has 30 heavy (non-hydrogen) atoms. The summed E-state index contributed by atoms with van der Waals surface area (Å²) in [6, 6.07) is 19.1. The number of nitrogens with two attached hydrogens (primary N) is 1. The second-order valence-corrected chi connectivity index (χ2v) is 7.43. The molecule has 0 bridgehead atoms. The Morgan fingerprint density at radius 1 is 1.10 bits per heavy atom. The van der Waals surface area contributed by atoms with Gasteiger partial charge in [-0.05, 0) is 43.3 Å². The van der Waals surface area contributed by atoms with Crippen molar-refractivity contribution in [1.82, 2.24) is 20.1 Å². The van der Waals surface area contributed by atoms with Gasteiger partial charge in [0.2, 0.25) is 0 Å². The molecule has 2 aromatic heterocycles. The molecule has 0 unspecified atom stereocenters. The van der Waals surface area contributed by atoms with Gasteiger partial charge in [0.05, 0.1) is 16.9 Å². The third-order valence-corrected chi connectivity index (χ3v) is 5.48. The van der Waals surface area contributed by atoms with Gasteiger partial charge in [0.25, 0.3) is 5.91 Å². The summed E-state index contributed by atoms with van der Waals surface area (Å²) in [5.41, 5.74) is 10.2. The molecule has 3 heterocycles. The summed E-state index contributed by atoms with van der Waals surface area (Å²) in [6.07, 6.45) is 2.75. The number of benzene rings is 2. The first kappa shape index (κ1) is 18.3. The fourth-order valence-corrected chi connectivity index (χ4v) is 3.95. The zero-order valence-electron chi connectivity index (χ0n) is 16.4. The van der Waals surface area contributed by atoms with Crippen LogP contribution in [0.2, 0.25) is 0 Å². The molecule has 1 atom stereocenters. The van der Waals surface area contributed by atoms with Crippen LogP contribution in [0.15, 0.2) is 66.9 Å². The van der Waals surface area contributed by atoms with Crippen molar-refractivity contribution in [3.8, 4) is 11.3 Å². The number of para-hydroxylation sites is 1. The highest BCUT2D eigenvalue weighted by Crippen LogP contribution is 2.33. The van der Waals surface area contributed by atoms with E-state index in [1.54, 1.807) is 6.20 Å². The summed E-state index contributed by atoms with van der Waals surface area (Å²) in [5.74, 6) is 0.312. The molecular formula is C23H22N6O. The van der Waals surface area contributed by atoms with E-state index in [4.69, 9.17) is 10.8 Å². The molecule has 0 radical (unpaired) electrons. The molecule has 4 N–H and O–H groups in total. The quantitative estimate of drug-likeness (QED) is 0.489. The van der Waals surface area contributed by atoms with Crippen molar-refractivity contribution in [3.05, 3.63) is 72.4 Å². The number of nitrogens with zero attached hydrogens (tertiary/aromatic N) is 3. The number of nitrogens with one attached hydrogen (secondary N) is 2. The predicted molar refractivity (Wildman–Crippen MR) is 118 cm³/mol. The fourth-order valence-electron chi connectivity index (χ4n) is 3.95. The standard InChI is InChI=1S/C23H22N6O/c24-22-20-19(11-13-26-22)29(18-10-12-25-14-18)28-21(20)15-6-8-16(9-7-15)23(30)27-17-4-2-1-3-5-17/h1-9,11,13,18,25H,10,12,14H2,(H2,24,26)(H,27,30)/t18-/m0/s1. The lowest BCUT2D eigenvalue weighted by Crippen LogP contribution is -2.14. The van der Waals surface area contributed by atoms with Crippen molar-refractivity contribution >= 4 is 28.3 Å². The van der Waals surface area contributed by atoms with E-state index in [9.17, 15) is 4.79 Å². The Kier molecular flexibility index (Phi) is 4.65. The van der Waals surface area contributed by atoms with Crippen LogP contribution in [0, 0.1) is 0 Å². The number of carbonyl (C=O) groups excluding carboxylic acids is 1. The van der Waals surface area contributed by atoms with E-state index < -0.39 is 0 Å². The predicted octanol–water partition coefficient (Wildman–Crippen LogP) is 3.47. The third kappa shape index (κ3) is 3.29. The van der Waals surface area contributed by atoms with Gasteiger partial charge in [-0.3, -0.25) is 9.48 Å². The molecule has 4 aromatic rings. The summed E-state index contributed by atoms with van der Waals surface area (Å²) in [5, 5.41) is 12.0. The maximum atomic E-state index is 12.5. The monoisotopic (exact) mass is 398 g/mol. The second kappa shape index (κ2) is 7.61. The van der Waals surface area contributed by atoms with E-state index in [1.165, 1.54) is 0 Å². The molecule has 7 nitrogen and oxygen atoms in total. The average Bonchev–Trinajstić information content (AvgIpc) is 3.43. The molecule has 1 saturated heterocycles. The number of carbonyl (C=O) groups is 1. The summed E-state index contributed by atoms with van der Waals surface area (Å²) in [6.45, 7) is 1.87. The second-order valence-electron chi connectivity index (χ2n) is 7.43. The lowest BCUT2D eigenvalue weighted by Gasteiger charge is -2.10. The Labute approximate surface area is 173 Å². The first-order valence-electron chi connectivity index (χ1n) is 10.0. The molecule has 1 amide bonds. The smallest absolute Gasteiger partial charge is 0.255 e. The van der Waals surface area contributed by atoms with Gasteiger partial charge in [0.1, 0.15) is 11.5 Å². The number of amides is 1. The number of fused-ring (bicyclic) bond motifs is 1. The van der Waals surface area contributed by atoms with Gasteiger partial charge in [0.15, 0.2) is 0 Å². The first-order valence-corrected chi connectivity index (χ1v) is 10.0. The van der Waals surface area contributed by atoms with Gasteiger partial charge in [-0.25, -0.2) is 4.98 Å². The minimum Gasteiger partial charge on any atom is -0.383 e. The zero-order valence-corrected chi connectivity index (χ0v) is 16.4. The minimum atomic E-state index is -0.152. The largest absolute Gasteiger partial charge is 0.383 e. The summed E-state index contributed by atoms with van der Waals surface area (Å²) in [4.78, 5) is 16.8. The van der Waals surface area contributed by atoms with Gasteiger partial charge in [-0.2, -0.15) is 5.10 Å². The summed E-state index contributed by atoms with van der Waals surface area (Å²) in [7, 11) is 0. The van der Waals surface area contributed by atoms with Crippen LogP contribution in [0.3, 0.4) is 0 Å². The van der Waals surface area contributed by atoms with Crippen LogP contribution >= 0.6 is 0 Å². The van der Waals surface area contributed by atoms with Gasteiger partial charge in [-0.1, -0.05) is 30.3 Å². The van der Waals surface area contributed by atoms with E-state index in [0.717, 1.165) is 47.4 Å². The highest BCUT2D eigenvalue weighted by Gasteiger charge is 2.23. The van der Waals surface area contributed by atoms with Crippen molar-refractivity contribution in [2.24, 2.45) is 0 Å². The maximum absolute atomic E-state index is 12.5. The molecule has 7 heteroatoms. The highest BCUT2D eigenvalue weighted by molar-refractivity contribution is 6.05. The van der Waals surface area contributed by atoms with E-state index in [2.05, 4.69) is 20.3 Å². The molecule has 0 spiro atoms. The number of pyridine rings is 1. The van der Waals surface area contributed by atoms with Gasteiger partial charge < -0.3 is 16.4 Å². The molecule has 1 aliphatic heterocycles. The maximum Gasteiger partial charge on any atom is 0.255 e. The molecule has 5 rings (SSSR count). The topological polar surface area (TPSA) is 97.9 Å². The lowest BCUT2D eigenvalue weighted by molar-refractivity contribution is 0.102. The molecule has 1 aliphatic rings. The number of hydrogen-bond acceptors (Lipinski definition) is 5. The summed E-state index contributed by atoms with van der Waals surface area (Å²) >= 11 is 0. The van der Waals surface area contributed by atoms with Crippen molar-refractivity contribution < 1.29 is 4.79 Å². The lowest BCUT2D eigenvalue weighted by atomic mass is 10.1. The first-order chi connectivity index (χ1) is 14.7. The Morgan fingerprint density at radius 3 is 2.63 bits per heavy atom. The van der Waals surface area contributed by atoms with Crippen LogP contribution in [0.4, 0.5) is 11.5 Å². The molecule has 0 aliphatic carbocycles. The Hall–Kier alpha value is -3.71. The number of nitrogen functional groups attached to an aromatic ring is 1. The van der Waals surface area contributed by atoms with Crippen LogP contribution in [0.5, 0.6) is 0 Å². The third-order valence-electron chi connectivity index (χ3n) is 5.48. The number of anilines is 2. The molecular weight excluding hydrogens is 376 g/mol. The van der Waals surface area contributed by atoms with E-state index in [1.807, 2.05) is 60.7 Å². The van der Waals surface area contributed by atoms with E-state index in [0.29, 0.717) is 17.4 Å². The van der Waals surface area contributed by atoms with Crippen molar-refractivity contribution in [2.75, 3.05) is 24.1 Å².